The van der Waals surface area contributed by atoms with Crippen LogP contribution in [0.3, 0.4) is 0 Å². The molecular formula is C20H24FNO2. The van der Waals surface area contributed by atoms with Crippen molar-refractivity contribution in [3.05, 3.63) is 65.5 Å². The number of rotatable bonds is 7. The molecule has 0 aliphatic rings. The molecule has 0 radical (unpaired) electrons. The topological polar surface area (TPSA) is 29.5 Å². The van der Waals surface area contributed by atoms with Crippen molar-refractivity contribution in [3.63, 3.8) is 0 Å². The van der Waals surface area contributed by atoms with Crippen LogP contribution in [-0.4, -0.2) is 24.0 Å². The Labute approximate surface area is 143 Å². The Hall–Kier alpha value is -2.36. The van der Waals surface area contributed by atoms with Crippen LogP contribution in [0.1, 0.15) is 31.4 Å². The SMILES string of the molecule is COc1ccc(CCC(=O)N(Cc2ccccc2)C(C)C)cc1F. The second-order valence-corrected chi connectivity index (χ2v) is 6.07. The van der Waals surface area contributed by atoms with Crippen molar-refractivity contribution in [3.8, 4) is 5.75 Å². The number of amides is 1. The second-order valence-electron chi connectivity index (χ2n) is 6.07. The lowest BCUT2D eigenvalue weighted by Crippen LogP contribution is -2.36. The molecule has 0 aliphatic carbocycles. The molecule has 128 valence electrons. The summed E-state index contributed by atoms with van der Waals surface area (Å²) in [4.78, 5) is 14.4. The molecular weight excluding hydrogens is 305 g/mol. The van der Waals surface area contributed by atoms with Gasteiger partial charge in [-0.25, -0.2) is 4.39 Å². The summed E-state index contributed by atoms with van der Waals surface area (Å²) in [7, 11) is 1.44. The van der Waals surface area contributed by atoms with Crippen LogP contribution in [0.15, 0.2) is 48.5 Å². The van der Waals surface area contributed by atoms with E-state index in [0.29, 0.717) is 19.4 Å². The first-order valence-corrected chi connectivity index (χ1v) is 8.17. The first-order chi connectivity index (χ1) is 11.5. The predicted molar refractivity (Wildman–Crippen MR) is 93.4 cm³/mol. The molecule has 0 aromatic heterocycles. The summed E-state index contributed by atoms with van der Waals surface area (Å²) < 4.78 is 18.6. The van der Waals surface area contributed by atoms with Crippen molar-refractivity contribution >= 4 is 5.91 Å². The van der Waals surface area contributed by atoms with Crippen molar-refractivity contribution in [2.45, 2.75) is 39.3 Å². The van der Waals surface area contributed by atoms with Crippen LogP contribution < -0.4 is 4.74 Å². The molecule has 2 aromatic carbocycles. The number of hydrogen-bond acceptors (Lipinski definition) is 2. The first kappa shape index (κ1) is 18.0. The highest BCUT2D eigenvalue weighted by atomic mass is 19.1. The van der Waals surface area contributed by atoms with E-state index >= 15 is 0 Å². The lowest BCUT2D eigenvalue weighted by Gasteiger charge is -2.27. The molecule has 0 unspecified atom stereocenters. The Morgan fingerprint density at radius 2 is 1.83 bits per heavy atom. The zero-order valence-corrected chi connectivity index (χ0v) is 14.5. The minimum absolute atomic E-state index is 0.0741. The number of aryl methyl sites for hydroxylation is 1. The van der Waals surface area contributed by atoms with Gasteiger partial charge in [0.2, 0.25) is 5.91 Å². The molecule has 0 aliphatic heterocycles. The second kappa shape index (κ2) is 8.48. The lowest BCUT2D eigenvalue weighted by atomic mass is 10.1. The Kier molecular flexibility index (Phi) is 6.36. The van der Waals surface area contributed by atoms with Crippen LogP contribution in [0.5, 0.6) is 5.75 Å². The third-order valence-electron chi connectivity index (χ3n) is 3.98. The molecule has 4 heteroatoms. The molecule has 2 aromatic rings. The number of hydrogen-bond donors (Lipinski definition) is 0. The van der Waals surface area contributed by atoms with E-state index < -0.39 is 5.82 Å². The monoisotopic (exact) mass is 329 g/mol. The van der Waals surface area contributed by atoms with Gasteiger partial charge in [-0.3, -0.25) is 4.79 Å². The quantitative estimate of drug-likeness (QED) is 0.762. The number of benzene rings is 2. The van der Waals surface area contributed by atoms with Crippen LogP contribution in [0.4, 0.5) is 4.39 Å². The smallest absolute Gasteiger partial charge is 0.223 e. The fourth-order valence-corrected chi connectivity index (χ4v) is 2.60. The molecule has 0 saturated heterocycles. The van der Waals surface area contributed by atoms with Crippen molar-refractivity contribution in [2.24, 2.45) is 0 Å². The van der Waals surface area contributed by atoms with Gasteiger partial charge in [0.1, 0.15) is 0 Å². The predicted octanol–water partition coefficient (Wildman–Crippen LogP) is 4.20. The fourth-order valence-electron chi connectivity index (χ4n) is 2.60. The van der Waals surface area contributed by atoms with Gasteiger partial charge in [0.05, 0.1) is 7.11 Å². The highest BCUT2D eigenvalue weighted by Crippen LogP contribution is 2.19. The number of methoxy groups -OCH3 is 1. The van der Waals surface area contributed by atoms with E-state index in [2.05, 4.69) is 0 Å². The normalized spacial score (nSPS) is 10.7. The van der Waals surface area contributed by atoms with E-state index in [1.54, 1.807) is 12.1 Å². The zero-order chi connectivity index (χ0) is 17.5. The highest BCUT2D eigenvalue weighted by molar-refractivity contribution is 5.76. The van der Waals surface area contributed by atoms with Crippen LogP contribution >= 0.6 is 0 Å². The number of carbonyl (C=O) groups is 1. The van der Waals surface area contributed by atoms with E-state index in [9.17, 15) is 9.18 Å². The van der Waals surface area contributed by atoms with Gasteiger partial charge in [-0.1, -0.05) is 36.4 Å². The minimum Gasteiger partial charge on any atom is -0.494 e. The van der Waals surface area contributed by atoms with Gasteiger partial charge in [0.15, 0.2) is 11.6 Å². The molecule has 0 fully saturated rings. The van der Waals surface area contributed by atoms with Crippen LogP contribution in [-0.2, 0) is 17.8 Å². The largest absolute Gasteiger partial charge is 0.494 e. The maximum Gasteiger partial charge on any atom is 0.223 e. The average molecular weight is 329 g/mol. The number of nitrogens with zero attached hydrogens (tertiary/aromatic N) is 1. The lowest BCUT2D eigenvalue weighted by molar-refractivity contribution is -0.133. The first-order valence-electron chi connectivity index (χ1n) is 8.17. The summed E-state index contributed by atoms with van der Waals surface area (Å²) in [6, 6.07) is 14.9. The molecule has 0 atom stereocenters. The summed E-state index contributed by atoms with van der Waals surface area (Å²) in [5, 5.41) is 0. The van der Waals surface area contributed by atoms with Gasteiger partial charge in [-0.15, -0.1) is 0 Å². The molecule has 0 heterocycles. The van der Waals surface area contributed by atoms with Gasteiger partial charge in [-0.05, 0) is 43.5 Å². The van der Waals surface area contributed by atoms with Crippen molar-refractivity contribution in [1.82, 2.24) is 4.90 Å². The van der Waals surface area contributed by atoms with E-state index in [1.165, 1.54) is 13.2 Å². The average Bonchev–Trinajstić information content (AvgIpc) is 2.58. The maximum absolute atomic E-state index is 13.7. The third kappa shape index (κ3) is 4.82. The van der Waals surface area contributed by atoms with E-state index in [0.717, 1.165) is 11.1 Å². The minimum atomic E-state index is -0.396. The van der Waals surface area contributed by atoms with Gasteiger partial charge >= 0.3 is 0 Å². The van der Waals surface area contributed by atoms with E-state index in [4.69, 9.17) is 4.74 Å². The standard InChI is InChI=1S/C20H24FNO2/c1-15(2)22(14-17-7-5-4-6-8-17)20(23)12-10-16-9-11-19(24-3)18(21)13-16/h4-9,11,13,15H,10,12,14H2,1-3H3. The van der Waals surface area contributed by atoms with Gasteiger partial charge in [0.25, 0.3) is 0 Å². The van der Waals surface area contributed by atoms with Crippen LogP contribution in [0.2, 0.25) is 0 Å². The van der Waals surface area contributed by atoms with Gasteiger partial charge in [0, 0.05) is 19.0 Å². The number of halogens is 1. The molecule has 3 nitrogen and oxygen atoms in total. The molecule has 1 amide bonds. The van der Waals surface area contributed by atoms with Crippen molar-refractivity contribution < 1.29 is 13.9 Å². The number of ether oxygens (including phenoxy) is 1. The van der Waals surface area contributed by atoms with E-state index in [1.807, 2.05) is 49.1 Å². The molecule has 0 bridgehead atoms. The van der Waals surface area contributed by atoms with E-state index in [-0.39, 0.29) is 17.7 Å². The summed E-state index contributed by atoms with van der Waals surface area (Å²) in [5.74, 6) is -0.101. The summed E-state index contributed by atoms with van der Waals surface area (Å²) in [5.41, 5.74) is 1.90. The van der Waals surface area contributed by atoms with Crippen LogP contribution in [0, 0.1) is 5.82 Å². The molecule has 0 N–H and O–H groups in total. The van der Waals surface area contributed by atoms with Gasteiger partial charge < -0.3 is 9.64 Å². The molecule has 0 spiro atoms. The van der Waals surface area contributed by atoms with Crippen molar-refractivity contribution in [1.29, 1.82) is 0 Å². The highest BCUT2D eigenvalue weighted by Gasteiger charge is 2.17. The molecule has 2 rings (SSSR count). The van der Waals surface area contributed by atoms with Crippen LogP contribution in [0.25, 0.3) is 0 Å². The third-order valence-corrected chi connectivity index (χ3v) is 3.98. The zero-order valence-electron chi connectivity index (χ0n) is 14.5. The Morgan fingerprint density at radius 1 is 1.12 bits per heavy atom. The number of carbonyl (C=O) groups excluding carboxylic acids is 1. The molecule has 0 saturated carbocycles. The summed E-state index contributed by atoms with van der Waals surface area (Å²) in [6.07, 6.45) is 0.870. The Morgan fingerprint density at radius 3 is 2.42 bits per heavy atom. The van der Waals surface area contributed by atoms with Gasteiger partial charge in [-0.2, -0.15) is 0 Å². The summed E-state index contributed by atoms with van der Waals surface area (Å²) in [6.45, 7) is 4.61. The Bertz CT molecular complexity index is 671. The summed E-state index contributed by atoms with van der Waals surface area (Å²) >= 11 is 0. The fraction of sp³-hybridized carbons (Fsp3) is 0.350. The Balaban J connectivity index is 1.99. The maximum atomic E-state index is 13.7. The van der Waals surface area contributed by atoms with Crippen molar-refractivity contribution in [2.75, 3.05) is 7.11 Å². The molecule has 24 heavy (non-hydrogen) atoms.